The van der Waals surface area contributed by atoms with E-state index in [2.05, 4.69) is 24.7 Å². The van der Waals surface area contributed by atoms with E-state index in [-0.39, 0.29) is 24.6 Å². The Morgan fingerprint density at radius 1 is 1.47 bits per heavy atom. The molecule has 19 heavy (non-hydrogen) atoms. The van der Waals surface area contributed by atoms with Crippen molar-refractivity contribution in [1.82, 2.24) is 15.5 Å². The van der Waals surface area contributed by atoms with Gasteiger partial charge in [-0.25, -0.2) is 4.79 Å². The van der Waals surface area contributed by atoms with Crippen LogP contribution in [0.25, 0.3) is 0 Å². The van der Waals surface area contributed by atoms with Gasteiger partial charge in [0.15, 0.2) is 0 Å². The van der Waals surface area contributed by atoms with E-state index >= 15 is 0 Å². The van der Waals surface area contributed by atoms with Crippen LogP contribution >= 0.6 is 0 Å². The maximum Gasteiger partial charge on any atom is 0.326 e. The lowest BCUT2D eigenvalue weighted by Crippen LogP contribution is -2.41. The minimum Gasteiger partial charge on any atom is -0.480 e. The minimum atomic E-state index is -1.27. The van der Waals surface area contributed by atoms with E-state index in [4.69, 9.17) is 5.11 Å². The Hall–Kier alpha value is -2.45. The average Bonchev–Trinajstić information content (AvgIpc) is 2.80. The van der Waals surface area contributed by atoms with Gasteiger partial charge in [-0.1, -0.05) is 5.16 Å². The highest BCUT2D eigenvalue weighted by molar-refractivity contribution is 5.93. The van der Waals surface area contributed by atoms with E-state index in [9.17, 15) is 14.4 Å². The second kappa shape index (κ2) is 6.47. The van der Waals surface area contributed by atoms with Crippen LogP contribution in [-0.2, 0) is 14.3 Å². The number of aryl methyl sites for hydroxylation is 1. The number of carbonyl (C=O) groups excluding carboxylic acids is 2. The summed E-state index contributed by atoms with van der Waals surface area (Å²) in [6.07, 6.45) is -0.219. The van der Waals surface area contributed by atoms with Crippen LogP contribution in [0.15, 0.2) is 4.52 Å². The van der Waals surface area contributed by atoms with Crippen LogP contribution in [0.4, 0.5) is 0 Å². The fourth-order valence-electron chi connectivity index (χ4n) is 1.24. The molecule has 1 aromatic rings. The largest absolute Gasteiger partial charge is 0.480 e. The van der Waals surface area contributed by atoms with Crippen LogP contribution in [0, 0.1) is 6.92 Å². The number of aromatic nitrogens is 2. The molecular weight excluding hydrogens is 258 g/mol. The molecule has 0 spiro atoms. The standard InChI is InChI=1S/C10H13N3O6/c1-5-11-8(13-19-5)9(15)12-6(10(16)17)3-4-7(14)18-2/h6H,3-4H2,1-2H3,(H,12,15)(H,16,17)/t6-/m0/s1. The number of esters is 1. The van der Waals surface area contributed by atoms with Gasteiger partial charge in [-0.15, -0.1) is 0 Å². The number of ether oxygens (including phenoxy) is 1. The van der Waals surface area contributed by atoms with Crippen LogP contribution in [0.3, 0.4) is 0 Å². The summed E-state index contributed by atoms with van der Waals surface area (Å²) in [4.78, 5) is 37.1. The number of carbonyl (C=O) groups is 3. The summed E-state index contributed by atoms with van der Waals surface area (Å²) in [6.45, 7) is 1.50. The summed E-state index contributed by atoms with van der Waals surface area (Å²) in [5.41, 5.74) is 0. The molecule has 0 aliphatic carbocycles. The molecule has 1 amide bonds. The zero-order valence-electron chi connectivity index (χ0n) is 10.4. The van der Waals surface area contributed by atoms with Crippen LogP contribution in [-0.4, -0.2) is 46.2 Å². The molecule has 0 saturated heterocycles. The van der Waals surface area contributed by atoms with Gasteiger partial charge in [0.25, 0.3) is 11.7 Å². The molecular formula is C10H13N3O6. The van der Waals surface area contributed by atoms with Crippen LogP contribution in [0.1, 0.15) is 29.4 Å². The normalized spacial score (nSPS) is 11.7. The van der Waals surface area contributed by atoms with Crippen molar-refractivity contribution in [2.45, 2.75) is 25.8 Å². The third-order valence-electron chi connectivity index (χ3n) is 2.20. The minimum absolute atomic E-state index is 0.0927. The van der Waals surface area contributed by atoms with Gasteiger partial charge < -0.3 is 19.7 Å². The summed E-state index contributed by atoms with van der Waals surface area (Å²) >= 11 is 0. The molecule has 2 N–H and O–H groups in total. The predicted octanol–water partition coefficient (Wildman–Crippen LogP) is -0.486. The third kappa shape index (κ3) is 4.37. The van der Waals surface area contributed by atoms with E-state index in [0.717, 1.165) is 0 Å². The van der Waals surface area contributed by atoms with E-state index in [0.29, 0.717) is 0 Å². The summed E-state index contributed by atoms with van der Waals surface area (Å²) in [6, 6.07) is -1.23. The third-order valence-corrected chi connectivity index (χ3v) is 2.20. The van der Waals surface area contributed by atoms with Gasteiger partial charge in [0.1, 0.15) is 6.04 Å². The Morgan fingerprint density at radius 3 is 2.63 bits per heavy atom. The molecule has 104 valence electrons. The monoisotopic (exact) mass is 271 g/mol. The highest BCUT2D eigenvalue weighted by Gasteiger charge is 2.24. The van der Waals surface area contributed by atoms with Gasteiger partial charge >= 0.3 is 11.9 Å². The lowest BCUT2D eigenvalue weighted by atomic mass is 10.1. The highest BCUT2D eigenvalue weighted by Crippen LogP contribution is 2.02. The highest BCUT2D eigenvalue weighted by atomic mass is 16.5. The predicted molar refractivity (Wildman–Crippen MR) is 59.2 cm³/mol. The van der Waals surface area contributed by atoms with E-state index in [1.807, 2.05) is 0 Å². The SMILES string of the molecule is COC(=O)CC[C@H](NC(=O)c1noc(C)n1)C(=O)O. The van der Waals surface area contributed by atoms with Crippen molar-refractivity contribution in [3.8, 4) is 0 Å². The Kier molecular flexibility index (Phi) is 4.98. The second-order valence-electron chi connectivity index (χ2n) is 3.62. The van der Waals surface area contributed by atoms with E-state index < -0.39 is 23.9 Å². The Balaban J connectivity index is 2.61. The first kappa shape index (κ1) is 14.6. The summed E-state index contributed by atoms with van der Waals surface area (Å²) in [7, 11) is 1.19. The topological polar surface area (TPSA) is 132 Å². The van der Waals surface area contributed by atoms with Gasteiger partial charge in [0.05, 0.1) is 7.11 Å². The lowest BCUT2D eigenvalue weighted by molar-refractivity contribution is -0.142. The summed E-state index contributed by atoms with van der Waals surface area (Å²) in [5.74, 6) is -2.68. The summed E-state index contributed by atoms with van der Waals surface area (Å²) in [5, 5.41) is 14.5. The molecule has 0 aliphatic rings. The first-order chi connectivity index (χ1) is 8.93. The number of hydrogen-bond acceptors (Lipinski definition) is 7. The maximum absolute atomic E-state index is 11.6. The fraction of sp³-hybridized carbons (Fsp3) is 0.500. The van der Waals surface area contributed by atoms with Crippen molar-refractivity contribution < 1.29 is 28.8 Å². The van der Waals surface area contributed by atoms with Crippen molar-refractivity contribution >= 4 is 17.8 Å². The molecule has 0 unspecified atom stereocenters. The van der Waals surface area contributed by atoms with Crippen molar-refractivity contribution in [1.29, 1.82) is 0 Å². The first-order valence-electron chi connectivity index (χ1n) is 5.35. The smallest absolute Gasteiger partial charge is 0.326 e. The number of nitrogens with one attached hydrogen (secondary N) is 1. The molecule has 0 saturated carbocycles. The molecule has 1 heterocycles. The molecule has 0 aromatic carbocycles. The number of rotatable bonds is 6. The van der Waals surface area contributed by atoms with Gasteiger partial charge in [0, 0.05) is 13.3 Å². The molecule has 0 aliphatic heterocycles. The molecule has 1 aromatic heterocycles. The van der Waals surface area contributed by atoms with Gasteiger partial charge in [-0.05, 0) is 6.42 Å². The Bertz CT molecular complexity index is 483. The number of amides is 1. The molecule has 0 radical (unpaired) electrons. The quantitative estimate of drug-likeness (QED) is 0.662. The maximum atomic E-state index is 11.6. The number of aliphatic carboxylic acids is 1. The van der Waals surface area contributed by atoms with Crippen LogP contribution in [0.2, 0.25) is 0 Å². The number of nitrogens with zero attached hydrogens (tertiary/aromatic N) is 2. The zero-order chi connectivity index (χ0) is 14.4. The van der Waals surface area contributed by atoms with Crippen molar-refractivity contribution in [3.63, 3.8) is 0 Å². The molecule has 9 nitrogen and oxygen atoms in total. The van der Waals surface area contributed by atoms with Crippen LogP contribution < -0.4 is 5.32 Å². The molecule has 1 rings (SSSR count). The Morgan fingerprint density at radius 2 is 2.16 bits per heavy atom. The number of hydrogen-bond donors (Lipinski definition) is 2. The zero-order valence-corrected chi connectivity index (χ0v) is 10.4. The average molecular weight is 271 g/mol. The second-order valence-corrected chi connectivity index (χ2v) is 3.62. The molecule has 1 atom stereocenters. The van der Waals surface area contributed by atoms with Crippen LogP contribution in [0.5, 0.6) is 0 Å². The van der Waals surface area contributed by atoms with Crippen molar-refractivity contribution in [2.24, 2.45) is 0 Å². The fourth-order valence-corrected chi connectivity index (χ4v) is 1.24. The number of carboxylic acid groups (broad SMARTS) is 1. The van der Waals surface area contributed by atoms with Gasteiger partial charge in [-0.2, -0.15) is 4.98 Å². The summed E-state index contributed by atoms with van der Waals surface area (Å²) < 4.78 is 8.99. The first-order valence-corrected chi connectivity index (χ1v) is 5.35. The lowest BCUT2D eigenvalue weighted by Gasteiger charge is -2.12. The number of methoxy groups -OCH3 is 1. The van der Waals surface area contributed by atoms with Crippen molar-refractivity contribution in [2.75, 3.05) is 7.11 Å². The number of carboxylic acids is 1. The van der Waals surface area contributed by atoms with Gasteiger partial charge in [-0.3, -0.25) is 9.59 Å². The van der Waals surface area contributed by atoms with E-state index in [1.165, 1.54) is 14.0 Å². The Labute approximate surface area is 107 Å². The van der Waals surface area contributed by atoms with E-state index in [1.54, 1.807) is 0 Å². The molecule has 9 heteroatoms. The van der Waals surface area contributed by atoms with Gasteiger partial charge in [0.2, 0.25) is 5.89 Å². The molecule has 0 fully saturated rings. The van der Waals surface area contributed by atoms with Crippen molar-refractivity contribution in [3.05, 3.63) is 11.7 Å². The molecule has 0 bridgehead atoms.